The molecule has 5 aromatic rings. The number of H-pyrrole nitrogens is 2. The Bertz CT molecular complexity index is 1700. The zero-order valence-electron chi connectivity index (χ0n) is 17.8. The van der Waals surface area contributed by atoms with E-state index in [0.29, 0.717) is 23.1 Å². The molecule has 4 heterocycles. The highest BCUT2D eigenvalue weighted by Crippen LogP contribution is 2.35. The third-order valence-corrected chi connectivity index (χ3v) is 7.33. The van der Waals surface area contributed by atoms with E-state index in [0.717, 1.165) is 0 Å². The zero-order chi connectivity index (χ0) is 24.9. The van der Waals surface area contributed by atoms with Crippen molar-refractivity contribution in [3.8, 4) is 22.6 Å². The quantitative estimate of drug-likeness (QED) is 0.346. The van der Waals surface area contributed by atoms with Gasteiger partial charge in [-0.25, -0.2) is 26.6 Å². The summed E-state index contributed by atoms with van der Waals surface area (Å²) in [5.41, 5.74) is -1.40. The summed E-state index contributed by atoms with van der Waals surface area (Å²) in [6.45, 7) is 1.45. The van der Waals surface area contributed by atoms with Crippen LogP contribution in [0.3, 0.4) is 0 Å². The van der Waals surface area contributed by atoms with Gasteiger partial charge in [-0.2, -0.15) is 5.10 Å². The van der Waals surface area contributed by atoms with Crippen LogP contribution in [0.2, 0.25) is 5.02 Å². The van der Waals surface area contributed by atoms with Gasteiger partial charge in [0.15, 0.2) is 33.1 Å². The first-order valence-corrected chi connectivity index (χ1v) is 12.0. The molecule has 35 heavy (non-hydrogen) atoms. The number of aromatic nitrogens is 6. The van der Waals surface area contributed by atoms with Crippen LogP contribution in [0.25, 0.3) is 33.5 Å². The van der Waals surface area contributed by atoms with Gasteiger partial charge in [0.25, 0.3) is 0 Å². The minimum Gasteiger partial charge on any atom is -0.343 e. The molecule has 0 saturated heterocycles. The van der Waals surface area contributed by atoms with Crippen LogP contribution in [0.4, 0.5) is 13.2 Å². The predicted molar refractivity (Wildman–Crippen MR) is 122 cm³/mol. The molecule has 0 saturated carbocycles. The number of sulfone groups is 1. The Morgan fingerprint density at radius 1 is 1.06 bits per heavy atom. The van der Waals surface area contributed by atoms with Crippen LogP contribution in [0.5, 0.6) is 0 Å². The largest absolute Gasteiger partial charge is 0.343 e. The van der Waals surface area contributed by atoms with E-state index >= 15 is 8.78 Å². The minimum atomic E-state index is -4.16. The topological polar surface area (TPSA) is 117 Å². The van der Waals surface area contributed by atoms with E-state index in [-0.39, 0.29) is 21.1 Å². The van der Waals surface area contributed by atoms with Gasteiger partial charge in [-0.1, -0.05) is 17.7 Å². The fourth-order valence-corrected chi connectivity index (χ4v) is 5.49. The van der Waals surface area contributed by atoms with Crippen LogP contribution < -0.4 is 0 Å². The van der Waals surface area contributed by atoms with Crippen molar-refractivity contribution < 1.29 is 21.6 Å². The average Bonchev–Trinajstić information content (AvgIpc) is 3.49. The number of benzene rings is 1. The highest BCUT2D eigenvalue weighted by molar-refractivity contribution is 7.90. The van der Waals surface area contributed by atoms with E-state index in [1.54, 1.807) is 6.20 Å². The van der Waals surface area contributed by atoms with Crippen molar-refractivity contribution in [2.45, 2.75) is 17.6 Å². The van der Waals surface area contributed by atoms with E-state index in [2.05, 4.69) is 30.1 Å². The van der Waals surface area contributed by atoms with Crippen LogP contribution in [0.1, 0.15) is 11.4 Å². The Kier molecular flexibility index (Phi) is 5.56. The zero-order valence-corrected chi connectivity index (χ0v) is 19.3. The first-order chi connectivity index (χ1) is 16.7. The van der Waals surface area contributed by atoms with Crippen LogP contribution in [-0.4, -0.2) is 38.6 Å². The molecular weight excluding hydrogens is 505 g/mol. The third-order valence-electron chi connectivity index (χ3n) is 5.38. The van der Waals surface area contributed by atoms with Crippen molar-refractivity contribution in [2.75, 3.05) is 0 Å². The summed E-state index contributed by atoms with van der Waals surface area (Å²) in [5, 5.41) is 6.99. The molecule has 0 radical (unpaired) electrons. The molecule has 0 unspecified atom stereocenters. The molecule has 1 aromatic carbocycles. The Labute approximate surface area is 201 Å². The van der Waals surface area contributed by atoms with E-state index in [1.165, 1.54) is 37.5 Å². The molecule has 4 aromatic heterocycles. The Morgan fingerprint density at radius 3 is 2.60 bits per heavy atom. The van der Waals surface area contributed by atoms with Gasteiger partial charge in [-0.15, -0.1) is 0 Å². The summed E-state index contributed by atoms with van der Waals surface area (Å²) in [6.07, 6.45) is 5.00. The molecule has 0 fully saturated rings. The molecule has 0 aliphatic carbocycles. The second kappa shape index (κ2) is 8.47. The van der Waals surface area contributed by atoms with E-state index in [9.17, 15) is 12.8 Å². The summed E-state index contributed by atoms with van der Waals surface area (Å²) >= 11 is 5.86. The molecule has 5 rings (SSSR count). The fourth-order valence-electron chi connectivity index (χ4n) is 3.74. The van der Waals surface area contributed by atoms with Crippen LogP contribution in [-0.2, 0) is 15.6 Å². The first-order valence-electron chi connectivity index (χ1n) is 10.0. The Balaban J connectivity index is 1.60. The average molecular weight is 519 g/mol. The number of aromatic amines is 2. The second-order valence-electron chi connectivity index (χ2n) is 7.60. The predicted octanol–water partition coefficient (Wildman–Crippen LogP) is 4.76. The van der Waals surface area contributed by atoms with Crippen molar-refractivity contribution in [2.24, 2.45) is 0 Å². The maximum absolute atomic E-state index is 15.4. The molecule has 0 amide bonds. The van der Waals surface area contributed by atoms with Crippen molar-refractivity contribution in [3.63, 3.8) is 0 Å². The maximum Gasteiger partial charge on any atom is 0.186 e. The molecule has 0 aliphatic rings. The molecular formula is C22H14ClF3N6O2S. The van der Waals surface area contributed by atoms with Gasteiger partial charge in [0, 0.05) is 29.5 Å². The van der Waals surface area contributed by atoms with Crippen LogP contribution in [0, 0.1) is 24.4 Å². The SMILES string of the molecule is Cc1ncc(Cl)cc1S(=O)(=O)Cc1ncc(F)c(-c2ccc3c(-c4ncc[nH]4)[nH]nc3c2F)c1F. The number of imidazole rings is 1. The molecule has 0 bridgehead atoms. The van der Waals surface area contributed by atoms with Crippen LogP contribution >= 0.6 is 11.6 Å². The number of rotatable bonds is 5. The fraction of sp³-hybridized carbons (Fsp3) is 0.0909. The summed E-state index contributed by atoms with van der Waals surface area (Å²) < 4.78 is 71.4. The van der Waals surface area contributed by atoms with E-state index in [4.69, 9.17) is 11.6 Å². The Morgan fingerprint density at radius 2 is 1.86 bits per heavy atom. The number of halogens is 4. The van der Waals surface area contributed by atoms with Crippen LogP contribution in [0.15, 0.2) is 47.9 Å². The van der Waals surface area contributed by atoms with Gasteiger partial charge < -0.3 is 4.98 Å². The maximum atomic E-state index is 15.4. The summed E-state index contributed by atoms with van der Waals surface area (Å²) in [6, 6.07) is 3.81. The molecule has 178 valence electrons. The molecule has 0 spiro atoms. The van der Waals surface area contributed by atoms with Gasteiger partial charge in [0.05, 0.1) is 33.1 Å². The lowest BCUT2D eigenvalue weighted by Crippen LogP contribution is -2.12. The summed E-state index contributed by atoms with van der Waals surface area (Å²) in [7, 11) is -4.16. The Hall–Kier alpha value is -3.77. The summed E-state index contributed by atoms with van der Waals surface area (Å²) in [4.78, 5) is 14.2. The molecule has 8 nitrogen and oxygen atoms in total. The number of hydrogen-bond acceptors (Lipinski definition) is 6. The minimum absolute atomic E-state index is 0.0747. The van der Waals surface area contributed by atoms with Crippen molar-refractivity contribution in [3.05, 3.63) is 76.8 Å². The smallest absolute Gasteiger partial charge is 0.186 e. The number of aryl methyl sites for hydroxylation is 1. The highest BCUT2D eigenvalue weighted by atomic mass is 35.5. The molecule has 13 heteroatoms. The van der Waals surface area contributed by atoms with Gasteiger partial charge in [-0.3, -0.25) is 15.1 Å². The number of pyridine rings is 2. The lowest BCUT2D eigenvalue weighted by atomic mass is 10.0. The van der Waals surface area contributed by atoms with E-state index in [1.807, 2.05) is 0 Å². The van der Waals surface area contributed by atoms with Gasteiger partial charge in [-0.05, 0) is 19.1 Å². The monoisotopic (exact) mass is 518 g/mol. The third kappa shape index (κ3) is 3.94. The normalized spacial score (nSPS) is 11.9. The first kappa shape index (κ1) is 23.0. The van der Waals surface area contributed by atoms with Gasteiger partial charge in [0.2, 0.25) is 0 Å². The molecule has 2 N–H and O–H groups in total. The second-order valence-corrected chi connectivity index (χ2v) is 9.99. The standard InChI is InChI=1S/C22H14ClF3N6O2S/c1-10-16(6-11(23)7-29-10)35(33,34)9-15-19(26)17(14(24)8-30-15)12-2-3-13-20(18(12)25)31-32-21(13)22-27-4-5-28-22/h2-8H,9H2,1H3,(H,27,28)(H,31,32). The number of nitrogens with one attached hydrogen (secondary N) is 2. The van der Waals surface area contributed by atoms with Gasteiger partial charge >= 0.3 is 0 Å². The molecule has 0 atom stereocenters. The van der Waals surface area contributed by atoms with Crippen molar-refractivity contribution >= 4 is 32.3 Å². The molecule has 0 aliphatic heterocycles. The highest BCUT2D eigenvalue weighted by Gasteiger charge is 2.27. The number of nitrogens with zero attached hydrogens (tertiary/aromatic N) is 4. The number of fused-ring (bicyclic) bond motifs is 1. The van der Waals surface area contributed by atoms with E-state index < -0.39 is 49.9 Å². The lowest BCUT2D eigenvalue weighted by molar-refractivity contribution is 0.559. The lowest BCUT2D eigenvalue weighted by Gasteiger charge is -2.12. The van der Waals surface area contributed by atoms with Crippen molar-refractivity contribution in [1.29, 1.82) is 0 Å². The number of hydrogen-bond donors (Lipinski definition) is 2. The van der Waals surface area contributed by atoms with Crippen molar-refractivity contribution in [1.82, 2.24) is 30.1 Å². The van der Waals surface area contributed by atoms with Gasteiger partial charge in [0.1, 0.15) is 17.0 Å². The summed E-state index contributed by atoms with van der Waals surface area (Å²) in [5.74, 6) is -3.97.